The van der Waals surface area contributed by atoms with Gasteiger partial charge in [0.05, 0.1) is 12.1 Å². The maximum Gasteiger partial charge on any atom is 0.0511 e. The van der Waals surface area contributed by atoms with Crippen LogP contribution >= 0.6 is 0 Å². The number of benzene rings is 1. The van der Waals surface area contributed by atoms with Crippen LogP contribution in [0, 0.1) is 0 Å². The van der Waals surface area contributed by atoms with E-state index in [2.05, 4.69) is 43.3 Å². The zero-order chi connectivity index (χ0) is 14.1. The summed E-state index contributed by atoms with van der Waals surface area (Å²) in [4.78, 5) is 2.32. The Morgan fingerprint density at radius 2 is 1.32 bits per heavy atom. The van der Waals surface area contributed by atoms with Crippen molar-refractivity contribution < 1.29 is 0 Å². The molecular weight excluding hydrogens is 230 g/mol. The van der Waals surface area contributed by atoms with Crippen LogP contribution in [-0.2, 0) is 0 Å². The van der Waals surface area contributed by atoms with Gasteiger partial charge in [0.2, 0.25) is 0 Å². The lowest BCUT2D eigenvalue weighted by molar-refractivity contribution is 0.623. The van der Waals surface area contributed by atoms with Gasteiger partial charge in [0.15, 0.2) is 0 Å². The zero-order valence-electron chi connectivity index (χ0n) is 11.5. The summed E-state index contributed by atoms with van der Waals surface area (Å²) < 4.78 is 0. The predicted octanol–water partition coefficient (Wildman–Crippen LogP) is 4.75. The van der Waals surface area contributed by atoms with E-state index in [-0.39, 0.29) is 12.1 Å². The molecule has 1 heteroatoms. The SMILES string of the molecule is C=CCC(C=C)N(c1ccccc1)C(C=C)CC=C. The summed E-state index contributed by atoms with van der Waals surface area (Å²) in [6, 6.07) is 10.8. The molecule has 0 N–H and O–H groups in total. The second-order valence-corrected chi connectivity index (χ2v) is 4.40. The minimum atomic E-state index is 0.211. The summed E-state index contributed by atoms with van der Waals surface area (Å²) in [7, 11) is 0. The second kappa shape index (κ2) is 8.15. The van der Waals surface area contributed by atoms with Crippen LogP contribution in [0.15, 0.2) is 81.0 Å². The summed E-state index contributed by atoms with van der Waals surface area (Å²) >= 11 is 0. The van der Waals surface area contributed by atoms with Gasteiger partial charge in [-0.1, -0.05) is 42.5 Å². The Hall–Kier alpha value is -2.02. The van der Waals surface area contributed by atoms with Gasteiger partial charge >= 0.3 is 0 Å². The molecule has 1 aromatic carbocycles. The summed E-state index contributed by atoms with van der Waals surface area (Å²) in [6.07, 6.45) is 9.51. The van der Waals surface area contributed by atoms with E-state index in [1.165, 1.54) is 5.69 Å². The maximum absolute atomic E-state index is 3.95. The molecule has 0 heterocycles. The highest BCUT2D eigenvalue weighted by Crippen LogP contribution is 2.24. The summed E-state index contributed by atoms with van der Waals surface area (Å²) in [5.74, 6) is 0. The number of para-hydroxylation sites is 1. The van der Waals surface area contributed by atoms with E-state index in [1.54, 1.807) is 0 Å². The molecule has 1 aromatic rings. The van der Waals surface area contributed by atoms with Gasteiger partial charge in [-0.2, -0.15) is 0 Å². The molecule has 0 aliphatic rings. The fraction of sp³-hybridized carbons (Fsp3) is 0.222. The van der Waals surface area contributed by atoms with Gasteiger partial charge in [-0.3, -0.25) is 0 Å². The van der Waals surface area contributed by atoms with Crippen molar-refractivity contribution >= 4 is 5.69 Å². The fourth-order valence-electron chi connectivity index (χ4n) is 2.22. The number of anilines is 1. The Bertz CT molecular complexity index is 397. The van der Waals surface area contributed by atoms with Crippen molar-refractivity contribution in [2.75, 3.05) is 4.90 Å². The molecular formula is C18H23N. The van der Waals surface area contributed by atoms with Crippen LogP contribution in [0.2, 0.25) is 0 Å². The predicted molar refractivity (Wildman–Crippen MR) is 86.5 cm³/mol. The maximum atomic E-state index is 3.95. The topological polar surface area (TPSA) is 3.24 Å². The monoisotopic (exact) mass is 253 g/mol. The number of hydrogen-bond acceptors (Lipinski definition) is 1. The third kappa shape index (κ3) is 3.99. The first kappa shape index (κ1) is 15.0. The quantitative estimate of drug-likeness (QED) is 0.574. The van der Waals surface area contributed by atoms with Crippen LogP contribution in [0.3, 0.4) is 0 Å². The van der Waals surface area contributed by atoms with E-state index < -0.39 is 0 Å². The Labute approximate surface area is 117 Å². The van der Waals surface area contributed by atoms with Crippen molar-refractivity contribution in [3.63, 3.8) is 0 Å². The van der Waals surface area contributed by atoms with Crippen LogP contribution in [0.25, 0.3) is 0 Å². The molecule has 19 heavy (non-hydrogen) atoms. The van der Waals surface area contributed by atoms with Crippen LogP contribution in [0.5, 0.6) is 0 Å². The van der Waals surface area contributed by atoms with Gasteiger partial charge in [-0.15, -0.1) is 26.3 Å². The van der Waals surface area contributed by atoms with Crippen molar-refractivity contribution in [3.8, 4) is 0 Å². The van der Waals surface area contributed by atoms with Crippen molar-refractivity contribution in [1.82, 2.24) is 0 Å². The third-order valence-corrected chi connectivity index (χ3v) is 3.13. The molecule has 0 aromatic heterocycles. The fourth-order valence-corrected chi connectivity index (χ4v) is 2.22. The van der Waals surface area contributed by atoms with Gasteiger partial charge in [0.1, 0.15) is 0 Å². The Morgan fingerprint density at radius 1 is 0.842 bits per heavy atom. The molecule has 100 valence electrons. The summed E-state index contributed by atoms with van der Waals surface area (Å²) in [5.41, 5.74) is 1.17. The van der Waals surface area contributed by atoms with Crippen LogP contribution in [0.4, 0.5) is 5.69 Å². The van der Waals surface area contributed by atoms with Crippen molar-refractivity contribution in [2.24, 2.45) is 0 Å². The Morgan fingerprint density at radius 3 is 1.68 bits per heavy atom. The first-order valence-electron chi connectivity index (χ1n) is 6.58. The Kier molecular flexibility index (Phi) is 6.45. The normalized spacial score (nSPS) is 13.1. The Balaban J connectivity index is 3.14. The average Bonchev–Trinajstić information content (AvgIpc) is 2.46. The summed E-state index contributed by atoms with van der Waals surface area (Å²) in [5, 5.41) is 0. The lowest BCUT2D eigenvalue weighted by Gasteiger charge is -2.37. The molecule has 0 spiro atoms. The molecule has 0 aliphatic carbocycles. The molecule has 1 rings (SSSR count). The van der Waals surface area contributed by atoms with Gasteiger partial charge in [0.25, 0.3) is 0 Å². The van der Waals surface area contributed by atoms with Crippen molar-refractivity contribution in [1.29, 1.82) is 0 Å². The van der Waals surface area contributed by atoms with Crippen LogP contribution in [0.1, 0.15) is 12.8 Å². The summed E-state index contributed by atoms with van der Waals surface area (Å²) in [6.45, 7) is 15.6. The number of rotatable bonds is 9. The number of hydrogen-bond donors (Lipinski definition) is 0. The molecule has 0 radical (unpaired) electrons. The molecule has 2 unspecified atom stereocenters. The van der Waals surface area contributed by atoms with E-state index in [0.29, 0.717) is 0 Å². The molecule has 0 saturated heterocycles. The highest BCUT2D eigenvalue weighted by Gasteiger charge is 2.21. The second-order valence-electron chi connectivity index (χ2n) is 4.40. The molecule has 0 saturated carbocycles. The van der Waals surface area contributed by atoms with E-state index in [0.717, 1.165) is 12.8 Å². The largest absolute Gasteiger partial charge is 0.358 e. The molecule has 1 nitrogen and oxygen atoms in total. The van der Waals surface area contributed by atoms with Gasteiger partial charge in [-0.25, -0.2) is 0 Å². The van der Waals surface area contributed by atoms with E-state index in [1.807, 2.05) is 42.5 Å². The van der Waals surface area contributed by atoms with Crippen molar-refractivity contribution in [2.45, 2.75) is 24.9 Å². The minimum Gasteiger partial charge on any atom is -0.358 e. The zero-order valence-corrected chi connectivity index (χ0v) is 11.5. The first-order valence-corrected chi connectivity index (χ1v) is 6.58. The molecule has 0 fully saturated rings. The average molecular weight is 253 g/mol. The van der Waals surface area contributed by atoms with Gasteiger partial charge in [0, 0.05) is 5.69 Å². The van der Waals surface area contributed by atoms with Gasteiger partial charge < -0.3 is 4.90 Å². The lowest BCUT2D eigenvalue weighted by Crippen LogP contribution is -2.41. The van der Waals surface area contributed by atoms with E-state index >= 15 is 0 Å². The van der Waals surface area contributed by atoms with E-state index in [4.69, 9.17) is 0 Å². The van der Waals surface area contributed by atoms with Crippen molar-refractivity contribution in [3.05, 3.63) is 81.0 Å². The molecule has 2 atom stereocenters. The minimum absolute atomic E-state index is 0.211. The first-order chi connectivity index (χ1) is 9.28. The highest BCUT2D eigenvalue weighted by molar-refractivity contribution is 5.50. The molecule has 0 amide bonds. The number of nitrogens with zero attached hydrogens (tertiary/aromatic N) is 1. The van der Waals surface area contributed by atoms with Gasteiger partial charge in [-0.05, 0) is 25.0 Å². The lowest BCUT2D eigenvalue weighted by atomic mass is 10.0. The standard InChI is InChI=1S/C18H23N/c1-5-12-16(7-3)19(17(8-4)13-6-2)18-14-10-9-11-15-18/h5-11,14-17H,1-4,12-13H2. The van der Waals surface area contributed by atoms with E-state index in [9.17, 15) is 0 Å². The highest BCUT2D eigenvalue weighted by atomic mass is 15.2. The molecule has 0 aliphatic heterocycles. The third-order valence-electron chi connectivity index (χ3n) is 3.13. The van der Waals surface area contributed by atoms with Crippen LogP contribution in [-0.4, -0.2) is 12.1 Å². The van der Waals surface area contributed by atoms with Crippen LogP contribution < -0.4 is 4.90 Å². The smallest absolute Gasteiger partial charge is 0.0511 e. The molecule has 0 bridgehead atoms.